The van der Waals surface area contributed by atoms with Crippen LogP contribution >= 0.6 is 0 Å². The third-order valence-electron chi connectivity index (χ3n) is 3.56. The number of alkyl halides is 3. The summed E-state index contributed by atoms with van der Waals surface area (Å²) in [5.41, 5.74) is -0.835. The van der Waals surface area contributed by atoms with Crippen molar-refractivity contribution in [3.05, 3.63) is 23.9 Å². The van der Waals surface area contributed by atoms with E-state index in [0.29, 0.717) is 6.54 Å². The first kappa shape index (κ1) is 14.6. The Hall–Kier alpha value is -1.79. The second-order valence-electron chi connectivity index (χ2n) is 5.00. The highest BCUT2D eigenvalue weighted by Crippen LogP contribution is 2.31. The van der Waals surface area contributed by atoms with E-state index in [4.69, 9.17) is 0 Å². The maximum absolute atomic E-state index is 12.5. The monoisotopic (exact) mass is 288 g/mol. The van der Waals surface area contributed by atoms with Gasteiger partial charge in [-0.15, -0.1) is 0 Å². The predicted octanol–water partition coefficient (Wildman–Crippen LogP) is 2.79. The molecule has 1 aliphatic heterocycles. The Bertz CT molecular complexity index is 487. The molecule has 0 bridgehead atoms. The molecule has 0 saturated carbocycles. The highest BCUT2D eigenvalue weighted by molar-refractivity contribution is 5.78. The SMILES string of the molecule is CC1CCCN(c2ccc(C(F)(F)F)cn2)C1C(=O)O. The molecule has 20 heavy (non-hydrogen) atoms. The lowest BCUT2D eigenvalue weighted by atomic mass is 9.91. The van der Waals surface area contributed by atoms with E-state index in [1.807, 2.05) is 6.92 Å². The Morgan fingerprint density at radius 1 is 1.45 bits per heavy atom. The number of carbonyl (C=O) groups is 1. The summed E-state index contributed by atoms with van der Waals surface area (Å²) in [6.45, 7) is 2.31. The van der Waals surface area contributed by atoms with Crippen molar-refractivity contribution in [2.75, 3.05) is 11.4 Å². The van der Waals surface area contributed by atoms with E-state index in [9.17, 15) is 23.1 Å². The molecule has 4 nitrogen and oxygen atoms in total. The fraction of sp³-hybridized carbons (Fsp3) is 0.538. The number of nitrogens with zero attached hydrogens (tertiary/aromatic N) is 2. The van der Waals surface area contributed by atoms with E-state index in [1.165, 1.54) is 6.07 Å². The Labute approximate surface area is 114 Å². The maximum Gasteiger partial charge on any atom is 0.417 e. The molecule has 1 aliphatic rings. The summed E-state index contributed by atoms with van der Waals surface area (Å²) >= 11 is 0. The Kier molecular flexibility index (Phi) is 3.87. The fourth-order valence-corrected chi connectivity index (χ4v) is 2.55. The molecule has 7 heteroatoms. The van der Waals surface area contributed by atoms with Crippen LogP contribution in [-0.4, -0.2) is 28.6 Å². The molecule has 2 rings (SSSR count). The van der Waals surface area contributed by atoms with Crippen molar-refractivity contribution in [1.29, 1.82) is 0 Å². The van der Waals surface area contributed by atoms with Crippen molar-refractivity contribution in [3.63, 3.8) is 0 Å². The van der Waals surface area contributed by atoms with Gasteiger partial charge in [0.2, 0.25) is 0 Å². The zero-order chi connectivity index (χ0) is 14.9. The summed E-state index contributed by atoms with van der Waals surface area (Å²) in [5, 5.41) is 9.27. The first-order chi connectivity index (χ1) is 9.30. The summed E-state index contributed by atoms with van der Waals surface area (Å²) in [6.07, 6.45) is -2.11. The summed E-state index contributed by atoms with van der Waals surface area (Å²) in [4.78, 5) is 16.7. The van der Waals surface area contributed by atoms with Gasteiger partial charge in [-0.25, -0.2) is 9.78 Å². The summed E-state index contributed by atoms with van der Waals surface area (Å²) in [6, 6.07) is 1.42. The van der Waals surface area contributed by atoms with E-state index < -0.39 is 23.8 Å². The zero-order valence-electron chi connectivity index (χ0n) is 10.9. The van der Waals surface area contributed by atoms with Gasteiger partial charge in [0.15, 0.2) is 0 Å². The number of carboxylic acids is 1. The number of pyridine rings is 1. The minimum Gasteiger partial charge on any atom is -0.480 e. The Morgan fingerprint density at radius 2 is 2.15 bits per heavy atom. The van der Waals surface area contributed by atoms with Crippen LogP contribution in [0.15, 0.2) is 18.3 Å². The van der Waals surface area contributed by atoms with Crippen LogP contribution in [0.4, 0.5) is 19.0 Å². The average Bonchev–Trinajstić information content (AvgIpc) is 2.37. The topological polar surface area (TPSA) is 53.4 Å². The summed E-state index contributed by atoms with van der Waals surface area (Å²) in [7, 11) is 0. The molecule has 0 spiro atoms. The van der Waals surface area contributed by atoms with Gasteiger partial charge in [0.25, 0.3) is 0 Å². The third-order valence-corrected chi connectivity index (χ3v) is 3.56. The quantitative estimate of drug-likeness (QED) is 0.909. The second kappa shape index (κ2) is 5.30. The van der Waals surface area contributed by atoms with Crippen LogP contribution in [0.3, 0.4) is 0 Å². The normalized spacial score (nSPS) is 23.7. The van der Waals surface area contributed by atoms with Crippen LogP contribution in [0.2, 0.25) is 0 Å². The van der Waals surface area contributed by atoms with E-state index in [1.54, 1.807) is 4.90 Å². The number of hydrogen-bond donors (Lipinski definition) is 1. The highest BCUT2D eigenvalue weighted by Gasteiger charge is 2.36. The molecular formula is C13H15F3N2O2. The molecule has 1 aromatic heterocycles. The minimum atomic E-state index is -4.44. The summed E-state index contributed by atoms with van der Waals surface area (Å²) < 4.78 is 37.4. The Balaban J connectivity index is 2.27. The number of piperidine rings is 1. The van der Waals surface area contributed by atoms with Gasteiger partial charge in [-0.3, -0.25) is 0 Å². The molecule has 1 aromatic rings. The lowest BCUT2D eigenvalue weighted by Gasteiger charge is -2.38. The number of aliphatic carboxylic acids is 1. The van der Waals surface area contributed by atoms with Crippen molar-refractivity contribution in [3.8, 4) is 0 Å². The van der Waals surface area contributed by atoms with E-state index in [-0.39, 0.29) is 11.7 Å². The highest BCUT2D eigenvalue weighted by atomic mass is 19.4. The van der Waals surface area contributed by atoms with E-state index >= 15 is 0 Å². The second-order valence-corrected chi connectivity index (χ2v) is 5.00. The molecule has 0 aromatic carbocycles. The Morgan fingerprint density at radius 3 is 2.65 bits per heavy atom. The smallest absolute Gasteiger partial charge is 0.417 e. The van der Waals surface area contributed by atoms with Crippen LogP contribution in [0.25, 0.3) is 0 Å². The molecule has 1 saturated heterocycles. The number of aromatic nitrogens is 1. The minimum absolute atomic E-state index is 0.0645. The number of rotatable bonds is 2. The molecule has 2 atom stereocenters. The number of halogens is 3. The van der Waals surface area contributed by atoms with Crippen LogP contribution < -0.4 is 4.90 Å². The van der Waals surface area contributed by atoms with Crippen LogP contribution in [-0.2, 0) is 11.0 Å². The standard InChI is InChI=1S/C13H15F3N2O2/c1-8-3-2-6-18(11(8)12(19)20)10-5-4-9(7-17-10)13(14,15)16/h4-5,7-8,11H,2-3,6H2,1H3,(H,19,20). The molecular weight excluding hydrogens is 273 g/mol. The first-order valence-corrected chi connectivity index (χ1v) is 6.33. The van der Waals surface area contributed by atoms with Gasteiger partial charge in [0, 0.05) is 12.7 Å². The largest absolute Gasteiger partial charge is 0.480 e. The van der Waals surface area contributed by atoms with Crippen LogP contribution in [0.1, 0.15) is 25.3 Å². The summed E-state index contributed by atoms with van der Waals surface area (Å²) in [5.74, 6) is -0.763. The average molecular weight is 288 g/mol. The van der Waals surface area contributed by atoms with E-state index in [2.05, 4.69) is 4.98 Å². The predicted molar refractivity (Wildman–Crippen MR) is 66.4 cm³/mol. The molecule has 1 N–H and O–H groups in total. The van der Waals surface area contributed by atoms with E-state index in [0.717, 1.165) is 25.1 Å². The third kappa shape index (κ3) is 2.86. The fourth-order valence-electron chi connectivity index (χ4n) is 2.55. The molecule has 0 radical (unpaired) electrons. The van der Waals surface area contributed by atoms with Crippen molar-refractivity contribution >= 4 is 11.8 Å². The lowest BCUT2D eigenvalue weighted by Crippen LogP contribution is -2.49. The maximum atomic E-state index is 12.5. The van der Waals surface area contributed by atoms with Crippen LogP contribution in [0, 0.1) is 5.92 Å². The van der Waals surface area contributed by atoms with Crippen molar-refractivity contribution < 1.29 is 23.1 Å². The van der Waals surface area contributed by atoms with Gasteiger partial charge >= 0.3 is 12.1 Å². The van der Waals surface area contributed by atoms with Crippen molar-refractivity contribution in [1.82, 2.24) is 4.98 Å². The van der Waals surface area contributed by atoms with Gasteiger partial charge in [-0.1, -0.05) is 6.92 Å². The molecule has 1 fully saturated rings. The first-order valence-electron chi connectivity index (χ1n) is 6.33. The number of hydrogen-bond acceptors (Lipinski definition) is 3. The molecule has 2 heterocycles. The van der Waals surface area contributed by atoms with Gasteiger partial charge in [0.1, 0.15) is 11.9 Å². The molecule has 0 amide bonds. The number of anilines is 1. The van der Waals surface area contributed by atoms with Gasteiger partial charge < -0.3 is 10.0 Å². The zero-order valence-corrected chi connectivity index (χ0v) is 10.9. The van der Waals surface area contributed by atoms with Gasteiger partial charge in [-0.05, 0) is 30.9 Å². The molecule has 2 unspecified atom stereocenters. The molecule has 0 aliphatic carbocycles. The van der Waals surface area contributed by atoms with Crippen molar-refractivity contribution in [2.24, 2.45) is 5.92 Å². The molecule has 110 valence electrons. The van der Waals surface area contributed by atoms with Crippen LogP contribution in [0.5, 0.6) is 0 Å². The van der Waals surface area contributed by atoms with Crippen molar-refractivity contribution in [2.45, 2.75) is 32.0 Å². The number of carboxylic acid groups (broad SMARTS) is 1. The van der Waals surface area contributed by atoms with Gasteiger partial charge in [-0.2, -0.15) is 13.2 Å². The lowest BCUT2D eigenvalue weighted by molar-refractivity contribution is -0.140. The van der Waals surface area contributed by atoms with Gasteiger partial charge in [0.05, 0.1) is 5.56 Å².